The Kier molecular flexibility index (Phi) is 22.5. The molecular weight excluding hydrogens is 1930 g/mol. The average molecular weight is 2000 g/mol. The fourth-order valence-corrected chi connectivity index (χ4v) is 19.4. The Morgan fingerprint density at radius 1 is 0.111 bits per heavy atom. The van der Waals surface area contributed by atoms with Gasteiger partial charge in [-0.25, -0.2) is 29.9 Å². The molecule has 0 aliphatic carbocycles. The van der Waals surface area contributed by atoms with Crippen molar-refractivity contribution >= 4 is 139 Å². The predicted molar refractivity (Wildman–Crippen MR) is 543 cm³/mol. The summed E-state index contributed by atoms with van der Waals surface area (Å²) in [5.41, 5.74) is 39.2. The number of rotatable bonds is 12. The first-order valence-electron chi connectivity index (χ1n) is 44.2. The van der Waals surface area contributed by atoms with Crippen LogP contribution in [-0.2, 0) is 61.3 Å². The Balaban J connectivity index is 0.00000353. The summed E-state index contributed by atoms with van der Waals surface area (Å²) in [6, 6.07) is 126. The van der Waals surface area contributed by atoms with E-state index in [0.717, 1.165) is 201 Å². The van der Waals surface area contributed by atoms with E-state index in [2.05, 4.69) is 388 Å². The minimum absolute atomic E-state index is 0. The van der Waals surface area contributed by atoms with Crippen LogP contribution in [0.25, 0.3) is 273 Å². The van der Waals surface area contributed by atoms with Crippen molar-refractivity contribution in [1.82, 2.24) is 59.8 Å². The summed E-state index contributed by atoms with van der Waals surface area (Å²) in [4.78, 5) is 69.1. The monoisotopic (exact) mass is 2000 g/mol. The molecule has 24 bridgehead atoms. The van der Waals surface area contributed by atoms with Gasteiger partial charge in [0.2, 0.25) is 0 Å². The molecule has 0 N–H and O–H groups in total. The molecule has 9 aromatic heterocycles. The van der Waals surface area contributed by atoms with Gasteiger partial charge in [0, 0.05) is 0 Å². The van der Waals surface area contributed by atoms with E-state index < -0.39 is 0 Å². The standard InChI is InChI=1S/C120H72N12.3Pd/c1-9-29-73(30-10-1)109-85-49-53-89(121-85)111(75-33-13-3-14-34-75)93-57-65-101(125-93)117(102-66-58-94(126-102)112(76-35-15-4-16-36-76)90-54-50-86(109)122-90)81-45-25-27-47-83(81)119-105-69-61-97(129-105)115(79-41-21-7-22-42-79)99-63-71-107(131-99)120(108-72-64-100(132-108)116(80-43-23-8-24-44-80)98-62-70-106(119)130-98)84-48-28-26-46-82(84)118-103-67-59-95(127-103)113(77-37-17-5-18-38-77)91-55-51-87(123-91)110(74-31-11-2-12-32-74)88-52-56-92(124-88)114(78-39-19-6-20-40-78)96-60-68-104(118)128-96;;;/h1-72H;;;/q-6;3*+2. The fourth-order valence-electron chi connectivity index (χ4n) is 19.4. The first-order chi connectivity index (χ1) is 65.4. The third kappa shape index (κ3) is 15.3. The van der Waals surface area contributed by atoms with Crippen LogP contribution in [-0.4, -0.2) is 29.9 Å². The maximum absolute atomic E-state index is 5.90. The molecule has 0 fully saturated rings. The SMILES string of the molecule is C1=Cc2nc1c(-c1ccccc1)c1ccc([n-]1)c(-c1ccccc1)c1nc(c(-c3ccccc3-c3c4nc(c(-c5ccccc5)c5ccc([n-]5)c(-c5ccccc5-c5c6nc(c(-c7ccccc7)c7ccc([n-]7)c(-c7ccccc7)c7nc(c(-c8ccccc8)c8ccc5[n-]8)C=C7)C=C6)c5nc(c(-c6ccccc6)c6ccc3[n-]6)C=C5)C=C4)c3ccc([n-]3)c2-c2ccccc2)C=C1.[Pd+2].[Pd+2].[Pd+2]. The van der Waals surface area contributed by atoms with E-state index in [0.29, 0.717) is 67.3 Å². The van der Waals surface area contributed by atoms with Crippen LogP contribution in [0.2, 0.25) is 0 Å². The molecule has 0 saturated heterocycles. The van der Waals surface area contributed by atoms with Gasteiger partial charge in [-0.1, -0.05) is 364 Å². The summed E-state index contributed by atoms with van der Waals surface area (Å²) < 4.78 is 0. The Morgan fingerprint density at radius 3 is 0.341 bits per heavy atom. The Labute approximate surface area is 819 Å². The van der Waals surface area contributed by atoms with Crippen molar-refractivity contribution in [1.29, 1.82) is 0 Å². The van der Waals surface area contributed by atoms with Gasteiger partial charge in [-0.15, -0.1) is 66.2 Å². The molecule has 135 heavy (non-hydrogen) atoms. The first kappa shape index (κ1) is 84.5. The maximum Gasteiger partial charge on any atom is 2.00 e. The second-order valence-electron chi connectivity index (χ2n) is 33.1. The molecule has 25 rings (SSSR count). The summed E-state index contributed by atoms with van der Waals surface area (Å²) in [5.74, 6) is 0. The number of hydrogen-bond donors (Lipinski definition) is 0. The van der Waals surface area contributed by atoms with Gasteiger partial charge in [-0.05, 0) is 206 Å². The molecule has 10 aromatic carbocycles. The van der Waals surface area contributed by atoms with Crippen molar-refractivity contribution in [2.24, 2.45) is 0 Å². The Hall–Kier alpha value is -16.0. The van der Waals surface area contributed by atoms with Crippen molar-refractivity contribution < 1.29 is 61.3 Å². The van der Waals surface area contributed by atoms with Crippen molar-refractivity contribution in [3.8, 4) is 134 Å². The zero-order valence-corrected chi connectivity index (χ0v) is 76.5. The number of aromatic nitrogens is 12. The maximum atomic E-state index is 5.90. The molecule has 6 aliphatic heterocycles. The molecule has 0 saturated carbocycles. The summed E-state index contributed by atoms with van der Waals surface area (Å²) in [7, 11) is 0. The fraction of sp³-hybridized carbons (Fsp3) is 0. The molecule has 15 heteroatoms. The van der Waals surface area contributed by atoms with Crippen molar-refractivity contribution in [2.45, 2.75) is 0 Å². The molecule has 0 radical (unpaired) electrons. The molecule has 0 unspecified atom stereocenters. The Morgan fingerprint density at radius 2 is 0.215 bits per heavy atom. The van der Waals surface area contributed by atoms with Gasteiger partial charge in [0.05, 0.1) is 68.3 Å². The number of fused-ring (bicyclic) bond motifs is 24. The van der Waals surface area contributed by atoms with Crippen molar-refractivity contribution in [2.75, 3.05) is 0 Å². The molecule has 19 aromatic rings. The molecule has 642 valence electrons. The molecule has 15 heterocycles. The van der Waals surface area contributed by atoms with Gasteiger partial charge in [-0.2, -0.15) is 0 Å². The van der Waals surface area contributed by atoms with Gasteiger partial charge in [0.15, 0.2) is 0 Å². The molecular formula is C120H72N12Pd3. The minimum atomic E-state index is 0. The predicted octanol–water partition coefficient (Wildman–Crippen LogP) is 28.4. The summed E-state index contributed by atoms with van der Waals surface area (Å²) in [5, 5.41) is 0. The number of nitrogens with zero attached hydrogens (tertiary/aromatic N) is 12. The van der Waals surface area contributed by atoms with E-state index in [1.54, 1.807) is 0 Å². The van der Waals surface area contributed by atoms with E-state index >= 15 is 0 Å². The van der Waals surface area contributed by atoms with Crippen LogP contribution in [0.15, 0.2) is 364 Å². The Bertz CT molecular complexity index is 8140. The van der Waals surface area contributed by atoms with Crippen LogP contribution < -0.4 is 29.9 Å². The quantitative estimate of drug-likeness (QED) is 0.107. The van der Waals surface area contributed by atoms with Crippen LogP contribution in [0.3, 0.4) is 0 Å². The molecule has 0 amide bonds. The van der Waals surface area contributed by atoms with Gasteiger partial charge in [0.25, 0.3) is 0 Å². The zero-order chi connectivity index (χ0) is 87.1. The van der Waals surface area contributed by atoms with Crippen molar-refractivity contribution in [3.05, 3.63) is 432 Å². The number of hydrogen-bond acceptors (Lipinski definition) is 6. The van der Waals surface area contributed by atoms with E-state index in [1.807, 2.05) is 48.5 Å². The van der Waals surface area contributed by atoms with Crippen LogP contribution in [0, 0.1) is 0 Å². The third-order valence-electron chi connectivity index (χ3n) is 25.3. The average Bonchev–Trinajstić information content (AvgIpc) is 1.59. The smallest absolute Gasteiger partial charge is 0.657 e. The molecule has 0 spiro atoms. The largest absolute Gasteiger partial charge is 2.00 e. The topological polar surface area (TPSA) is 162 Å². The normalized spacial score (nSPS) is 12.1. The van der Waals surface area contributed by atoms with Crippen LogP contribution in [0.5, 0.6) is 0 Å². The minimum Gasteiger partial charge on any atom is -0.657 e. The summed E-state index contributed by atoms with van der Waals surface area (Å²) in [6.07, 6.45) is 25.5. The molecule has 0 atom stereocenters. The number of benzene rings is 10. The van der Waals surface area contributed by atoms with Gasteiger partial charge >= 0.3 is 61.3 Å². The van der Waals surface area contributed by atoms with Crippen LogP contribution in [0.4, 0.5) is 0 Å². The summed E-state index contributed by atoms with van der Waals surface area (Å²) >= 11 is 0. The summed E-state index contributed by atoms with van der Waals surface area (Å²) in [6.45, 7) is 0. The zero-order valence-electron chi connectivity index (χ0n) is 71.9. The first-order valence-corrected chi connectivity index (χ1v) is 44.2. The molecule has 6 aliphatic rings. The molecule has 12 nitrogen and oxygen atoms in total. The second-order valence-corrected chi connectivity index (χ2v) is 33.1. The van der Waals surface area contributed by atoms with Crippen LogP contribution >= 0.6 is 0 Å². The van der Waals surface area contributed by atoms with E-state index in [1.165, 1.54) is 0 Å². The van der Waals surface area contributed by atoms with E-state index in [9.17, 15) is 0 Å². The van der Waals surface area contributed by atoms with E-state index in [4.69, 9.17) is 59.8 Å². The van der Waals surface area contributed by atoms with Gasteiger partial charge in [0.1, 0.15) is 0 Å². The van der Waals surface area contributed by atoms with Crippen molar-refractivity contribution in [3.63, 3.8) is 0 Å². The van der Waals surface area contributed by atoms with Gasteiger partial charge < -0.3 is 29.9 Å². The van der Waals surface area contributed by atoms with Gasteiger partial charge in [-0.3, -0.25) is 0 Å². The second kappa shape index (κ2) is 35.9. The third-order valence-corrected chi connectivity index (χ3v) is 25.3. The van der Waals surface area contributed by atoms with E-state index in [-0.39, 0.29) is 61.3 Å². The van der Waals surface area contributed by atoms with Crippen LogP contribution in [0.1, 0.15) is 68.3 Å².